The molecule has 1 aliphatic rings. The first-order valence-electron chi connectivity index (χ1n) is 12.1. The van der Waals surface area contributed by atoms with Gasteiger partial charge >= 0.3 is 8.60 Å². The summed E-state index contributed by atoms with van der Waals surface area (Å²) < 4.78 is 24.4. The Balaban J connectivity index is 1.42. The molecule has 1 aliphatic carbocycles. The number of rotatable bonds is 13. The predicted octanol–water partition coefficient (Wildman–Crippen LogP) is 8.34. The van der Waals surface area contributed by atoms with Gasteiger partial charge in [0.1, 0.15) is 5.75 Å². The lowest BCUT2D eigenvalue weighted by Gasteiger charge is -2.23. The zero-order chi connectivity index (χ0) is 23.8. The van der Waals surface area contributed by atoms with Gasteiger partial charge < -0.3 is 13.8 Å². The van der Waals surface area contributed by atoms with Crippen LogP contribution in [0.5, 0.6) is 5.75 Å². The highest BCUT2D eigenvalue weighted by Gasteiger charge is 2.31. The molecule has 0 bridgehead atoms. The van der Waals surface area contributed by atoms with Crippen LogP contribution in [-0.2, 0) is 26.8 Å². The van der Waals surface area contributed by atoms with E-state index in [0.29, 0.717) is 25.0 Å². The first-order valence-corrected chi connectivity index (χ1v) is 13.2. The fraction of sp³-hybridized carbons (Fsp3) is 0.379. The van der Waals surface area contributed by atoms with Crippen molar-refractivity contribution in [3.8, 4) is 5.75 Å². The molecule has 180 valence electrons. The van der Waals surface area contributed by atoms with Gasteiger partial charge in [-0.3, -0.25) is 4.52 Å². The van der Waals surface area contributed by atoms with E-state index in [9.17, 15) is 0 Å². The van der Waals surface area contributed by atoms with E-state index in [0.717, 1.165) is 22.8 Å². The first kappa shape index (κ1) is 24.9. The van der Waals surface area contributed by atoms with Crippen molar-refractivity contribution in [1.29, 1.82) is 0 Å². The third-order valence-corrected chi connectivity index (χ3v) is 7.23. The molecule has 34 heavy (non-hydrogen) atoms. The summed E-state index contributed by atoms with van der Waals surface area (Å²) in [6, 6.07) is 26.6. The Hall–Kier alpha value is -2.23. The maximum atomic E-state index is 6.30. The Morgan fingerprint density at radius 1 is 0.706 bits per heavy atom. The summed E-state index contributed by atoms with van der Waals surface area (Å²) in [5, 5.41) is 0. The number of para-hydroxylation sites is 1. The van der Waals surface area contributed by atoms with Crippen LogP contribution in [0.25, 0.3) is 0 Å². The second-order valence-corrected chi connectivity index (χ2v) is 10.4. The summed E-state index contributed by atoms with van der Waals surface area (Å²) in [6.45, 7) is 7.65. The molecule has 0 heterocycles. The highest BCUT2D eigenvalue weighted by atomic mass is 31.2. The number of ether oxygens (including phenoxy) is 1. The number of hydrogen-bond donors (Lipinski definition) is 0. The monoisotopic (exact) mass is 478 g/mol. The molecule has 4 nitrogen and oxygen atoms in total. The Labute approximate surface area is 205 Å². The zero-order valence-corrected chi connectivity index (χ0v) is 21.2. The van der Waals surface area contributed by atoms with Crippen molar-refractivity contribution in [2.75, 3.05) is 6.79 Å². The van der Waals surface area contributed by atoms with E-state index in [1.54, 1.807) is 0 Å². The maximum absolute atomic E-state index is 6.30. The Morgan fingerprint density at radius 2 is 1.26 bits per heavy atom. The lowest BCUT2D eigenvalue weighted by Crippen LogP contribution is -2.09. The summed E-state index contributed by atoms with van der Waals surface area (Å²) in [5.74, 6) is 2.56. The van der Waals surface area contributed by atoms with Crippen LogP contribution in [0, 0.1) is 5.92 Å². The molecule has 3 aromatic rings. The molecular weight excluding hydrogens is 443 g/mol. The molecule has 3 aromatic carbocycles. The normalized spacial score (nSPS) is 14.5. The standard InChI is InChI=1S/C29H35O4P/c1-22(2)27-15-10-16-28(23(3)26-17-18-26)29(27)30-21-33-34(31-19-24-11-6-4-7-12-24)32-20-25-13-8-5-9-14-25/h4-16,22-23,26H,17-21H2,1-3H3/t23-/m1/s1. The Morgan fingerprint density at radius 3 is 1.79 bits per heavy atom. The van der Waals surface area contributed by atoms with Crippen LogP contribution >= 0.6 is 8.60 Å². The number of hydrogen-bond acceptors (Lipinski definition) is 4. The van der Waals surface area contributed by atoms with E-state index in [1.165, 1.54) is 24.0 Å². The molecule has 0 spiro atoms. The highest BCUT2D eigenvalue weighted by molar-refractivity contribution is 7.41. The quantitative estimate of drug-likeness (QED) is 0.183. The smallest absolute Gasteiger partial charge is 0.336 e. The van der Waals surface area contributed by atoms with Crippen LogP contribution in [0.15, 0.2) is 78.9 Å². The minimum absolute atomic E-state index is 0.0867. The van der Waals surface area contributed by atoms with Gasteiger partial charge in [-0.2, -0.15) is 0 Å². The molecule has 1 atom stereocenters. The summed E-state index contributed by atoms with van der Waals surface area (Å²) in [7, 11) is -1.58. The molecule has 1 saturated carbocycles. The second kappa shape index (κ2) is 12.5. The van der Waals surface area contributed by atoms with E-state index in [1.807, 2.05) is 60.7 Å². The van der Waals surface area contributed by atoms with Gasteiger partial charge in [-0.05, 0) is 52.8 Å². The lowest BCUT2D eigenvalue weighted by molar-refractivity contribution is 0.0714. The van der Waals surface area contributed by atoms with Crippen molar-refractivity contribution in [2.45, 2.75) is 58.7 Å². The van der Waals surface area contributed by atoms with Gasteiger partial charge in [-0.1, -0.05) is 99.6 Å². The Bertz CT molecular complexity index is 962. The second-order valence-electron chi connectivity index (χ2n) is 9.18. The van der Waals surface area contributed by atoms with Gasteiger partial charge in [0.05, 0.1) is 13.2 Å². The topological polar surface area (TPSA) is 36.9 Å². The van der Waals surface area contributed by atoms with E-state index < -0.39 is 8.60 Å². The van der Waals surface area contributed by atoms with E-state index in [4.69, 9.17) is 18.3 Å². The van der Waals surface area contributed by atoms with Crippen LogP contribution in [0.2, 0.25) is 0 Å². The van der Waals surface area contributed by atoms with Crippen molar-refractivity contribution in [3.05, 3.63) is 101 Å². The van der Waals surface area contributed by atoms with Gasteiger partial charge in [0.25, 0.3) is 0 Å². The minimum atomic E-state index is -1.58. The van der Waals surface area contributed by atoms with Crippen molar-refractivity contribution in [3.63, 3.8) is 0 Å². The van der Waals surface area contributed by atoms with Crippen molar-refractivity contribution >= 4 is 8.60 Å². The summed E-state index contributed by atoms with van der Waals surface area (Å²) in [6.07, 6.45) is 2.60. The van der Waals surface area contributed by atoms with Gasteiger partial charge in [-0.15, -0.1) is 0 Å². The van der Waals surface area contributed by atoms with Gasteiger partial charge in [0.2, 0.25) is 0 Å². The SMILES string of the molecule is CC(C)c1cccc([C@H](C)C2CC2)c1OCOP(OCc1ccccc1)OCc1ccccc1. The number of benzene rings is 3. The highest BCUT2D eigenvalue weighted by Crippen LogP contribution is 2.47. The first-order chi connectivity index (χ1) is 16.6. The molecule has 0 unspecified atom stereocenters. The van der Waals surface area contributed by atoms with Crippen molar-refractivity contribution < 1.29 is 18.3 Å². The van der Waals surface area contributed by atoms with E-state index >= 15 is 0 Å². The van der Waals surface area contributed by atoms with Gasteiger partial charge in [0.15, 0.2) is 6.79 Å². The molecule has 0 N–H and O–H groups in total. The molecule has 0 saturated heterocycles. The third-order valence-electron chi connectivity index (χ3n) is 6.24. The predicted molar refractivity (Wildman–Crippen MR) is 138 cm³/mol. The van der Waals surface area contributed by atoms with Crippen LogP contribution in [-0.4, -0.2) is 6.79 Å². The van der Waals surface area contributed by atoms with Crippen LogP contribution in [0.4, 0.5) is 0 Å². The molecule has 0 aromatic heterocycles. The fourth-order valence-electron chi connectivity index (χ4n) is 4.05. The minimum Gasteiger partial charge on any atom is -0.466 e. The van der Waals surface area contributed by atoms with E-state index in [2.05, 4.69) is 39.0 Å². The average molecular weight is 479 g/mol. The zero-order valence-electron chi connectivity index (χ0n) is 20.4. The van der Waals surface area contributed by atoms with Gasteiger partial charge in [0, 0.05) is 0 Å². The molecule has 5 heteroatoms. The summed E-state index contributed by atoms with van der Waals surface area (Å²) >= 11 is 0. The molecular formula is C29H35O4P. The summed E-state index contributed by atoms with van der Waals surface area (Å²) in [4.78, 5) is 0. The maximum Gasteiger partial charge on any atom is 0.336 e. The molecule has 1 fully saturated rings. The largest absolute Gasteiger partial charge is 0.466 e. The molecule has 4 rings (SSSR count). The van der Waals surface area contributed by atoms with E-state index in [-0.39, 0.29) is 6.79 Å². The molecule has 0 radical (unpaired) electrons. The van der Waals surface area contributed by atoms with Crippen LogP contribution in [0.1, 0.15) is 67.7 Å². The van der Waals surface area contributed by atoms with Gasteiger partial charge in [-0.25, -0.2) is 0 Å². The fourth-order valence-corrected chi connectivity index (χ4v) is 4.92. The average Bonchev–Trinajstić information content (AvgIpc) is 3.72. The lowest BCUT2D eigenvalue weighted by atomic mass is 9.90. The van der Waals surface area contributed by atoms with Crippen molar-refractivity contribution in [1.82, 2.24) is 0 Å². The summed E-state index contributed by atoms with van der Waals surface area (Å²) in [5.41, 5.74) is 4.65. The van der Waals surface area contributed by atoms with Crippen LogP contribution in [0.3, 0.4) is 0 Å². The third kappa shape index (κ3) is 7.13. The van der Waals surface area contributed by atoms with Crippen molar-refractivity contribution in [2.24, 2.45) is 5.92 Å². The Kier molecular flexibility index (Phi) is 9.12. The molecule has 0 aliphatic heterocycles. The molecule has 0 amide bonds. The van der Waals surface area contributed by atoms with Crippen LogP contribution < -0.4 is 4.74 Å².